The van der Waals surface area contributed by atoms with Crippen LogP contribution in [0.3, 0.4) is 0 Å². The molecular weight excluding hydrogens is 429 g/mol. The van der Waals surface area contributed by atoms with E-state index < -0.39 is 11.5 Å². The number of carbonyl (C=O) groups is 1. The number of hydrogen-bond donors (Lipinski definition) is 1. The zero-order valence-electron chi connectivity index (χ0n) is 18.1. The Balaban J connectivity index is 1.56. The van der Waals surface area contributed by atoms with E-state index >= 15 is 0 Å². The number of rotatable bonds is 5. The number of para-hydroxylation sites is 1. The lowest BCUT2D eigenvalue weighted by molar-refractivity contribution is 0.102. The van der Waals surface area contributed by atoms with Gasteiger partial charge in [0.2, 0.25) is 0 Å². The Kier molecular flexibility index (Phi) is 5.70. The molecule has 6 heteroatoms. The van der Waals surface area contributed by atoms with Gasteiger partial charge in [-0.05, 0) is 47.5 Å². The molecule has 5 nitrogen and oxygen atoms in total. The third-order valence-corrected chi connectivity index (χ3v) is 5.61. The van der Waals surface area contributed by atoms with Gasteiger partial charge in [0.1, 0.15) is 17.0 Å². The van der Waals surface area contributed by atoms with Gasteiger partial charge in [-0.3, -0.25) is 14.2 Å². The first-order valence-corrected chi connectivity index (χ1v) is 10.8. The second-order valence-electron chi connectivity index (χ2n) is 7.86. The molecule has 0 saturated carbocycles. The van der Waals surface area contributed by atoms with Gasteiger partial charge in [0.15, 0.2) is 0 Å². The quantitative estimate of drug-likeness (QED) is 0.385. The summed E-state index contributed by atoms with van der Waals surface area (Å²) in [4.78, 5) is 31.1. The summed E-state index contributed by atoms with van der Waals surface area (Å²) in [6.45, 7) is 0.161. The number of nitrogens with zero attached hydrogens (tertiary/aromatic N) is 2. The normalized spacial score (nSPS) is 10.9. The first-order valence-electron chi connectivity index (χ1n) is 10.8. The fraction of sp³-hybridized carbons (Fsp3) is 0.0357. The van der Waals surface area contributed by atoms with Gasteiger partial charge >= 0.3 is 0 Å². The highest BCUT2D eigenvalue weighted by Crippen LogP contribution is 2.28. The van der Waals surface area contributed by atoms with Crippen LogP contribution in [0.1, 0.15) is 15.9 Å². The number of benzene rings is 3. The predicted octanol–water partition coefficient (Wildman–Crippen LogP) is 5.50. The largest absolute Gasteiger partial charge is 0.321 e. The van der Waals surface area contributed by atoms with Crippen LogP contribution in [0.25, 0.3) is 22.2 Å². The minimum absolute atomic E-state index is 0.00507. The summed E-state index contributed by atoms with van der Waals surface area (Å²) in [5, 5.41) is 3.57. The van der Waals surface area contributed by atoms with Crippen LogP contribution < -0.4 is 10.9 Å². The maximum atomic E-state index is 13.4. The number of hydrogen-bond acceptors (Lipinski definition) is 3. The number of pyridine rings is 2. The van der Waals surface area contributed by atoms with Gasteiger partial charge in [-0.25, -0.2) is 9.37 Å². The summed E-state index contributed by atoms with van der Waals surface area (Å²) < 4.78 is 14.8. The van der Waals surface area contributed by atoms with Crippen LogP contribution in [-0.4, -0.2) is 15.5 Å². The fourth-order valence-electron chi connectivity index (χ4n) is 3.94. The maximum Gasteiger partial charge on any atom is 0.265 e. The van der Waals surface area contributed by atoms with Crippen LogP contribution in [0.15, 0.2) is 108 Å². The van der Waals surface area contributed by atoms with E-state index in [9.17, 15) is 14.0 Å². The van der Waals surface area contributed by atoms with Crippen LogP contribution in [0.2, 0.25) is 0 Å². The Hall–Kier alpha value is -4.58. The number of aromatic nitrogens is 2. The van der Waals surface area contributed by atoms with Gasteiger partial charge in [0.05, 0.1) is 6.54 Å². The van der Waals surface area contributed by atoms with E-state index in [1.165, 1.54) is 16.7 Å². The molecule has 0 radical (unpaired) electrons. The number of nitrogens with one attached hydrogen (secondary N) is 1. The zero-order valence-corrected chi connectivity index (χ0v) is 18.1. The Labute approximate surface area is 195 Å². The van der Waals surface area contributed by atoms with E-state index in [1.807, 2.05) is 48.5 Å². The number of halogens is 1. The molecule has 0 spiro atoms. The molecule has 0 fully saturated rings. The third kappa shape index (κ3) is 4.21. The Morgan fingerprint density at radius 1 is 0.882 bits per heavy atom. The van der Waals surface area contributed by atoms with Crippen molar-refractivity contribution in [2.75, 3.05) is 5.32 Å². The Morgan fingerprint density at radius 2 is 1.62 bits per heavy atom. The summed E-state index contributed by atoms with van der Waals surface area (Å²) in [6.07, 6.45) is 1.60. The Morgan fingerprint density at radius 3 is 2.41 bits per heavy atom. The minimum Gasteiger partial charge on any atom is -0.321 e. The standard InChI is InChI=1S/C28H20FN3O2/c29-22-14-12-19(13-15-22)18-32-26-21(9-6-16-30-26)17-24(28(32)34)27(33)31-25-11-5-4-10-23(25)20-7-2-1-3-8-20/h1-17H,18H2,(H,31,33). The van der Waals surface area contributed by atoms with Gasteiger partial charge < -0.3 is 5.32 Å². The molecule has 5 rings (SSSR count). The summed E-state index contributed by atoms with van der Waals surface area (Å²) in [5.41, 5.74) is 3.13. The lowest BCUT2D eigenvalue weighted by Crippen LogP contribution is -2.30. The molecular formula is C28H20FN3O2. The first-order chi connectivity index (χ1) is 16.6. The molecule has 0 atom stereocenters. The molecule has 0 aliphatic rings. The van der Waals surface area contributed by atoms with E-state index in [0.717, 1.165) is 16.7 Å². The van der Waals surface area contributed by atoms with Crippen LogP contribution in [0, 0.1) is 5.82 Å². The van der Waals surface area contributed by atoms with E-state index in [0.29, 0.717) is 16.7 Å². The molecule has 3 aromatic carbocycles. The van der Waals surface area contributed by atoms with Crippen molar-refractivity contribution in [3.05, 3.63) is 131 Å². The SMILES string of the molecule is O=C(Nc1ccccc1-c1ccccc1)c1cc2cccnc2n(Cc2ccc(F)cc2)c1=O. The minimum atomic E-state index is -0.507. The van der Waals surface area contributed by atoms with Crippen molar-refractivity contribution in [2.45, 2.75) is 6.54 Å². The van der Waals surface area contributed by atoms with Gasteiger partial charge in [-0.2, -0.15) is 0 Å². The number of anilines is 1. The van der Waals surface area contributed by atoms with Gasteiger partial charge in [0.25, 0.3) is 11.5 Å². The van der Waals surface area contributed by atoms with Crippen LogP contribution in [0.5, 0.6) is 0 Å². The molecule has 34 heavy (non-hydrogen) atoms. The molecule has 1 N–H and O–H groups in total. The molecule has 0 aliphatic carbocycles. The summed E-state index contributed by atoms with van der Waals surface area (Å²) in [6, 6.07) is 28.2. The molecule has 0 saturated heterocycles. The van der Waals surface area contributed by atoms with Crippen LogP contribution in [0.4, 0.5) is 10.1 Å². The summed E-state index contributed by atoms with van der Waals surface area (Å²) in [5.74, 6) is -0.865. The highest BCUT2D eigenvalue weighted by Gasteiger charge is 2.18. The lowest BCUT2D eigenvalue weighted by Gasteiger charge is -2.14. The van der Waals surface area contributed by atoms with Gasteiger partial charge in [0, 0.05) is 22.8 Å². The second-order valence-corrected chi connectivity index (χ2v) is 7.86. The molecule has 0 bridgehead atoms. The molecule has 0 unspecified atom stereocenters. The van der Waals surface area contributed by atoms with Crippen molar-refractivity contribution in [2.24, 2.45) is 0 Å². The Bertz CT molecular complexity index is 1540. The van der Waals surface area contributed by atoms with Crippen LogP contribution in [-0.2, 0) is 6.54 Å². The fourth-order valence-corrected chi connectivity index (χ4v) is 3.94. The van der Waals surface area contributed by atoms with Crippen LogP contribution >= 0.6 is 0 Å². The van der Waals surface area contributed by atoms with E-state index in [-0.39, 0.29) is 17.9 Å². The molecule has 1 amide bonds. The molecule has 5 aromatic rings. The van der Waals surface area contributed by atoms with Crippen molar-refractivity contribution in [3.63, 3.8) is 0 Å². The highest BCUT2D eigenvalue weighted by molar-refractivity contribution is 6.07. The van der Waals surface area contributed by atoms with Gasteiger partial charge in [-0.1, -0.05) is 60.7 Å². The molecule has 166 valence electrons. The number of amides is 1. The van der Waals surface area contributed by atoms with Crippen molar-refractivity contribution in [1.29, 1.82) is 0 Å². The second kappa shape index (κ2) is 9.11. The van der Waals surface area contributed by atoms with E-state index in [2.05, 4.69) is 10.3 Å². The average molecular weight is 449 g/mol. The number of carbonyl (C=O) groups excluding carboxylic acids is 1. The van der Waals surface area contributed by atoms with Crippen molar-refractivity contribution < 1.29 is 9.18 Å². The van der Waals surface area contributed by atoms with Crippen molar-refractivity contribution in [3.8, 4) is 11.1 Å². The smallest absolute Gasteiger partial charge is 0.265 e. The monoisotopic (exact) mass is 449 g/mol. The van der Waals surface area contributed by atoms with Gasteiger partial charge in [-0.15, -0.1) is 0 Å². The topological polar surface area (TPSA) is 64.0 Å². The average Bonchev–Trinajstić information content (AvgIpc) is 2.87. The molecule has 2 heterocycles. The highest BCUT2D eigenvalue weighted by atomic mass is 19.1. The van der Waals surface area contributed by atoms with E-state index in [4.69, 9.17) is 0 Å². The summed E-state index contributed by atoms with van der Waals surface area (Å²) in [7, 11) is 0. The van der Waals surface area contributed by atoms with Crippen molar-refractivity contribution in [1.82, 2.24) is 9.55 Å². The predicted molar refractivity (Wildman–Crippen MR) is 131 cm³/mol. The van der Waals surface area contributed by atoms with Crippen molar-refractivity contribution >= 4 is 22.6 Å². The third-order valence-electron chi connectivity index (χ3n) is 5.61. The maximum absolute atomic E-state index is 13.4. The number of fused-ring (bicyclic) bond motifs is 1. The zero-order chi connectivity index (χ0) is 23.5. The summed E-state index contributed by atoms with van der Waals surface area (Å²) >= 11 is 0. The molecule has 0 aliphatic heterocycles. The first kappa shape index (κ1) is 21.3. The van der Waals surface area contributed by atoms with E-state index in [1.54, 1.807) is 42.6 Å². The lowest BCUT2D eigenvalue weighted by atomic mass is 10.0. The molecule has 2 aromatic heterocycles.